The van der Waals surface area contributed by atoms with Crippen LogP contribution in [0.5, 0.6) is 0 Å². The third-order valence-electron chi connectivity index (χ3n) is 5.63. The van der Waals surface area contributed by atoms with Gasteiger partial charge in [0.15, 0.2) is 0 Å². The van der Waals surface area contributed by atoms with Gasteiger partial charge in [-0.1, -0.05) is 23.7 Å². The van der Waals surface area contributed by atoms with Crippen molar-refractivity contribution in [2.24, 2.45) is 0 Å². The van der Waals surface area contributed by atoms with Crippen molar-refractivity contribution in [1.82, 2.24) is 20.4 Å². The number of piperidine rings is 1. The van der Waals surface area contributed by atoms with E-state index in [2.05, 4.69) is 39.6 Å². The summed E-state index contributed by atoms with van der Waals surface area (Å²) >= 11 is 6.02. The highest BCUT2D eigenvalue weighted by molar-refractivity contribution is 6.30. The van der Waals surface area contributed by atoms with E-state index in [0.29, 0.717) is 12.1 Å². The molecule has 1 aromatic rings. The number of halogens is 1. The van der Waals surface area contributed by atoms with E-state index >= 15 is 0 Å². The highest BCUT2D eigenvalue weighted by Gasteiger charge is 2.37. The van der Waals surface area contributed by atoms with Crippen LogP contribution in [-0.4, -0.2) is 66.6 Å². The molecule has 0 saturated carbocycles. The first-order valence-corrected chi connectivity index (χ1v) is 10.5. The summed E-state index contributed by atoms with van der Waals surface area (Å²) in [7, 11) is 2.19. The van der Waals surface area contributed by atoms with E-state index in [1.807, 2.05) is 26.0 Å². The van der Waals surface area contributed by atoms with Crippen molar-refractivity contribution in [2.75, 3.05) is 26.7 Å². The lowest BCUT2D eigenvalue weighted by Crippen LogP contribution is -2.46. The first kappa shape index (κ1) is 20.6. The van der Waals surface area contributed by atoms with Gasteiger partial charge in [-0.25, -0.2) is 0 Å². The zero-order chi connectivity index (χ0) is 19.4. The minimum absolute atomic E-state index is 0.0770. The molecule has 2 aliphatic rings. The summed E-state index contributed by atoms with van der Waals surface area (Å²) in [6, 6.07) is 8.97. The zero-order valence-corrected chi connectivity index (χ0v) is 17.5. The summed E-state index contributed by atoms with van der Waals surface area (Å²) in [4.78, 5) is 17.5. The van der Waals surface area contributed by atoms with Crippen LogP contribution in [0.15, 0.2) is 24.3 Å². The maximum atomic E-state index is 12.8. The molecule has 27 heavy (non-hydrogen) atoms. The number of carbonyl (C=O) groups excluding carboxylic acids is 1. The first-order valence-electron chi connectivity index (χ1n) is 10.1. The zero-order valence-electron chi connectivity index (χ0n) is 16.7. The molecule has 0 spiro atoms. The van der Waals surface area contributed by atoms with Crippen LogP contribution in [0.1, 0.15) is 38.7 Å². The summed E-state index contributed by atoms with van der Waals surface area (Å²) in [5, 5.41) is 7.68. The van der Waals surface area contributed by atoms with Crippen LogP contribution < -0.4 is 10.6 Å². The second-order valence-corrected chi connectivity index (χ2v) is 8.85. The molecule has 0 aromatic heterocycles. The van der Waals surface area contributed by atoms with Crippen molar-refractivity contribution in [3.05, 3.63) is 34.9 Å². The Hall–Kier alpha value is -1.14. The molecule has 2 saturated heterocycles. The molecule has 2 fully saturated rings. The van der Waals surface area contributed by atoms with Gasteiger partial charge < -0.3 is 15.5 Å². The smallest absolute Gasteiger partial charge is 0.237 e. The van der Waals surface area contributed by atoms with Crippen LogP contribution >= 0.6 is 11.6 Å². The third kappa shape index (κ3) is 5.92. The van der Waals surface area contributed by atoms with Crippen molar-refractivity contribution in [3.63, 3.8) is 0 Å². The Morgan fingerprint density at radius 2 is 1.85 bits per heavy atom. The predicted octanol–water partition coefficient (Wildman–Crippen LogP) is 2.49. The number of carbonyl (C=O) groups is 1. The van der Waals surface area contributed by atoms with E-state index < -0.39 is 0 Å². The molecule has 6 heteroatoms. The molecule has 0 unspecified atom stereocenters. The van der Waals surface area contributed by atoms with Gasteiger partial charge in [0.25, 0.3) is 0 Å². The number of benzene rings is 1. The van der Waals surface area contributed by atoms with Gasteiger partial charge in [0.05, 0.1) is 6.04 Å². The van der Waals surface area contributed by atoms with Crippen molar-refractivity contribution in [1.29, 1.82) is 0 Å². The molecule has 3 rings (SSSR count). The number of hydrogen-bond donors (Lipinski definition) is 2. The average Bonchev–Trinajstić information content (AvgIpc) is 3.01. The van der Waals surface area contributed by atoms with E-state index in [4.69, 9.17) is 11.6 Å². The second kappa shape index (κ2) is 9.37. The summed E-state index contributed by atoms with van der Waals surface area (Å²) in [5.41, 5.74) is 1.20. The fourth-order valence-electron chi connectivity index (χ4n) is 4.19. The van der Waals surface area contributed by atoms with Crippen LogP contribution in [0, 0.1) is 0 Å². The Morgan fingerprint density at radius 1 is 1.19 bits per heavy atom. The van der Waals surface area contributed by atoms with Crippen molar-refractivity contribution in [3.8, 4) is 0 Å². The van der Waals surface area contributed by atoms with Gasteiger partial charge >= 0.3 is 0 Å². The van der Waals surface area contributed by atoms with Gasteiger partial charge in [-0.2, -0.15) is 0 Å². The lowest BCUT2D eigenvalue weighted by Gasteiger charge is -2.31. The fourth-order valence-corrected chi connectivity index (χ4v) is 4.31. The van der Waals surface area contributed by atoms with Crippen LogP contribution in [0.3, 0.4) is 0 Å². The fraction of sp³-hybridized carbons (Fsp3) is 0.667. The van der Waals surface area contributed by atoms with Crippen molar-refractivity contribution < 1.29 is 4.79 Å². The molecular weight excluding hydrogens is 360 g/mol. The Balaban J connectivity index is 1.64. The minimum Gasteiger partial charge on any atom is -0.353 e. The molecule has 0 radical (unpaired) electrons. The quantitative estimate of drug-likeness (QED) is 0.780. The lowest BCUT2D eigenvalue weighted by molar-refractivity contribution is -0.126. The second-order valence-electron chi connectivity index (χ2n) is 8.41. The minimum atomic E-state index is -0.0770. The number of amides is 1. The Kier molecular flexibility index (Phi) is 7.15. The first-order chi connectivity index (χ1) is 12.9. The number of nitrogens with one attached hydrogen (secondary N) is 2. The SMILES string of the molecule is CC(C)NC(=O)[C@@H]1C[C@@H](NC2CCN(C)CC2)CN1Cc1ccc(Cl)cc1. The number of hydrogen-bond acceptors (Lipinski definition) is 4. The van der Waals surface area contributed by atoms with E-state index in [1.54, 1.807) is 0 Å². The topological polar surface area (TPSA) is 47.6 Å². The summed E-state index contributed by atoms with van der Waals surface area (Å²) in [6.45, 7) is 8.02. The van der Waals surface area contributed by atoms with Crippen LogP contribution in [-0.2, 0) is 11.3 Å². The number of likely N-dealkylation sites (tertiary alicyclic amines) is 2. The van der Waals surface area contributed by atoms with Crippen LogP contribution in [0.2, 0.25) is 5.02 Å². The molecule has 2 heterocycles. The van der Waals surface area contributed by atoms with Gasteiger partial charge in [-0.05, 0) is 70.9 Å². The third-order valence-corrected chi connectivity index (χ3v) is 5.88. The van der Waals surface area contributed by atoms with Crippen molar-refractivity contribution >= 4 is 17.5 Å². The highest BCUT2D eigenvalue weighted by Crippen LogP contribution is 2.23. The normalized spacial score (nSPS) is 25.2. The van der Waals surface area contributed by atoms with Crippen LogP contribution in [0.25, 0.3) is 0 Å². The molecule has 2 atom stereocenters. The maximum Gasteiger partial charge on any atom is 0.237 e. The summed E-state index contributed by atoms with van der Waals surface area (Å²) in [6.07, 6.45) is 3.25. The number of rotatable bonds is 6. The molecule has 150 valence electrons. The molecular formula is C21H33ClN4O. The predicted molar refractivity (Wildman–Crippen MR) is 111 cm³/mol. The maximum absolute atomic E-state index is 12.8. The molecule has 5 nitrogen and oxygen atoms in total. The van der Waals surface area contributed by atoms with Gasteiger partial charge in [0, 0.05) is 36.2 Å². The van der Waals surface area contributed by atoms with E-state index in [1.165, 1.54) is 18.4 Å². The van der Waals surface area contributed by atoms with E-state index in [-0.39, 0.29) is 18.0 Å². The summed E-state index contributed by atoms with van der Waals surface area (Å²) < 4.78 is 0. The van der Waals surface area contributed by atoms with Gasteiger partial charge in [-0.3, -0.25) is 9.69 Å². The highest BCUT2D eigenvalue weighted by atomic mass is 35.5. The lowest BCUT2D eigenvalue weighted by atomic mass is 10.0. The standard InChI is InChI=1S/C21H33ClN4O/c1-15(2)23-21(27)20-12-19(24-18-8-10-25(3)11-9-18)14-26(20)13-16-4-6-17(22)7-5-16/h4-7,15,18-20,24H,8-14H2,1-3H3,(H,23,27)/t19-,20+/m1/s1. The van der Waals surface area contributed by atoms with Gasteiger partial charge in [0.1, 0.15) is 0 Å². The molecule has 0 bridgehead atoms. The largest absolute Gasteiger partial charge is 0.353 e. The summed E-state index contributed by atoms with van der Waals surface area (Å²) in [5.74, 6) is 0.145. The van der Waals surface area contributed by atoms with Crippen molar-refractivity contribution in [2.45, 2.75) is 63.8 Å². The Labute approximate surface area is 168 Å². The number of nitrogens with zero attached hydrogens (tertiary/aromatic N) is 2. The molecule has 2 aliphatic heterocycles. The van der Waals surface area contributed by atoms with Gasteiger partial charge in [0.2, 0.25) is 5.91 Å². The Bertz CT molecular complexity index is 613. The average molecular weight is 393 g/mol. The molecule has 2 N–H and O–H groups in total. The molecule has 1 aromatic carbocycles. The van der Waals surface area contributed by atoms with Gasteiger partial charge in [-0.15, -0.1) is 0 Å². The monoisotopic (exact) mass is 392 g/mol. The van der Waals surface area contributed by atoms with Crippen LogP contribution in [0.4, 0.5) is 0 Å². The van der Waals surface area contributed by atoms with E-state index in [9.17, 15) is 4.79 Å². The Morgan fingerprint density at radius 3 is 2.48 bits per heavy atom. The molecule has 0 aliphatic carbocycles. The molecule has 1 amide bonds. The van der Waals surface area contributed by atoms with E-state index in [0.717, 1.165) is 37.6 Å².